The summed E-state index contributed by atoms with van der Waals surface area (Å²) in [6.07, 6.45) is -1.90. The minimum absolute atomic E-state index is 0.0841. The van der Waals surface area contributed by atoms with Crippen LogP contribution in [0.1, 0.15) is 6.23 Å². The molecule has 18 nitrogen and oxygen atoms in total. The maximum atomic E-state index is 11.7. The molecule has 2 unspecified atom stereocenters. The fourth-order valence-electron chi connectivity index (χ4n) is 4.77. The van der Waals surface area contributed by atoms with E-state index >= 15 is 0 Å². The molecular weight excluding hydrogens is 562 g/mol. The Morgan fingerprint density at radius 3 is 2.38 bits per heavy atom. The Balaban J connectivity index is 0.000000193. The van der Waals surface area contributed by atoms with Gasteiger partial charge >= 0.3 is 5.69 Å². The molecule has 3 aromatic rings. The SMILES string of the molecule is COCCO[C@H]1C(O)[C@@H](CO)O[C@H]1Cn1ccc(=O)[nH]c1=O.CO[C@H]1C(O)[C@@H](CO)O[C@H]1n1cnc2c(N)ncnc21. The van der Waals surface area contributed by atoms with Crippen molar-refractivity contribution in [3.8, 4) is 0 Å². The first kappa shape index (κ1) is 31.6. The Bertz CT molecular complexity index is 1420. The molecule has 0 bridgehead atoms. The highest BCUT2D eigenvalue weighted by molar-refractivity contribution is 5.81. The molecule has 2 aliphatic heterocycles. The van der Waals surface area contributed by atoms with Crippen molar-refractivity contribution >= 4 is 17.0 Å². The van der Waals surface area contributed by atoms with Gasteiger partial charge < -0.3 is 49.8 Å². The number of aromatic nitrogens is 6. The van der Waals surface area contributed by atoms with E-state index < -0.39 is 60.2 Å². The third-order valence-corrected chi connectivity index (χ3v) is 6.91. The second kappa shape index (κ2) is 14.2. The summed E-state index contributed by atoms with van der Waals surface area (Å²) < 4.78 is 29.7. The molecule has 0 saturated carbocycles. The lowest BCUT2D eigenvalue weighted by Crippen LogP contribution is -2.40. The largest absolute Gasteiger partial charge is 0.394 e. The van der Waals surface area contributed by atoms with Crippen LogP contribution < -0.4 is 17.0 Å². The van der Waals surface area contributed by atoms with Crippen LogP contribution in [0.25, 0.3) is 11.2 Å². The van der Waals surface area contributed by atoms with E-state index in [0.29, 0.717) is 17.8 Å². The number of hydrogen-bond donors (Lipinski definition) is 6. The molecule has 2 fully saturated rings. The number of H-pyrrole nitrogens is 1. The van der Waals surface area contributed by atoms with Crippen molar-refractivity contribution < 1.29 is 44.1 Å². The Labute approximate surface area is 238 Å². The van der Waals surface area contributed by atoms with E-state index in [4.69, 9.17) is 29.4 Å². The maximum Gasteiger partial charge on any atom is 0.328 e. The normalized spacial score (nSPS) is 29.1. The first-order valence-corrected chi connectivity index (χ1v) is 13.0. The molecule has 232 valence electrons. The van der Waals surface area contributed by atoms with Gasteiger partial charge in [0, 0.05) is 26.5 Å². The standard InChI is InChI=1S/C13H20N2O7.C11H15N5O4/c1-20-4-5-21-12-8(22-9(7-16)11(12)18)6-15-3-2-10(17)14-13(15)19;1-19-8-7(18)5(2-17)20-11(8)16-4-15-6-9(12)13-3-14-10(6)16/h2-3,8-9,11-12,16,18H,4-7H2,1H3,(H,14,17,19);3-5,7-8,11,17-18H,2H2,1H3,(H2,12,13,14)/t8-,9+,11?,12+;5-,7?,8+,11-/m01/s1. The lowest BCUT2D eigenvalue weighted by molar-refractivity contribution is -0.0583. The minimum Gasteiger partial charge on any atom is -0.394 e. The molecule has 2 aliphatic rings. The van der Waals surface area contributed by atoms with Crippen LogP contribution in [-0.2, 0) is 30.2 Å². The average Bonchev–Trinajstić information content (AvgIpc) is 3.64. The number of nitrogen functional groups attached to an aromatic ring is 1. The number of hydrogen-bond acceptors (Lipinski definition) is 15. The van der Waals surface area contributed by atoms with Gasteiger partial charge in [0.25, 0.3) is 5.56 Å². The van der Waals surface area contributed by atoms with Gasteiger partial charge in [-0.15, -0.1) is 0 Å². The number of aliphatic hydroxyl groups excluding tert-OH is 4. The third-order valence-electron chi connectivity index (χ3n) is 6.91. The summed E-state index contributed by atoms with van der Waals surface area (Å²) in [5, 5.41) is 38.6. The van der Waals surface area contributed by atoms with Crippen LogP contribution in [0.2, 0.25) is 0 Å². The van der Waals surface area contributed by atoms with E-state index in [0.717, 1.165) is 0 Å². The lowest BCUT2D eigenvalue weighted by Gasteiger charge is -2.21. The highest BCUT2D eigenvalue weighted by atomic mass is 16.6. The van der Waals surface area contributed by atoms with Crippen LogP contribution in [0.15, 0.2) is 34.5 Å². The van der Waals surface area contributed by atoms with Crippen LogP contribution in [0, 0.1) is 0 Å². The highest BCUT2D eigenvalue weighted by Gasteiger charge is 2.46. The van der Waals surface area contributed by atoms with Crippen LogP contribution in [0.5, 0.6) is 0 Å². The topological polar surface area (TPSA) is 252 Å². The van der Waals surface area contributed by atoms with Gasteiger partial charge in [-0.1, -0.05) is 0 Å². The van der Waals surface area contributed by atoms with Crippen molar-refractivity contribution in [3.05, 3.63) is 45.8 Å². The number of methoxy groups -OCH3 is 2. The molecule has 5 rings (SSSR count). The molecule has 0 radical (unpaired) electrons. The van der Waals surface area contributed by atoms with Crippen LogP contribution in [-0.4, -0.2) is 133 Å². The highest BCUT2D eigenvalue weighted by Crippen LogP contribution is 2.33. The number of imidazole rings is 1. The van der Waals surface area contributed by atoms with Crippen molar-refractivity contribution in [3.63, 3.8) is 0 Å². The van der Waals surface area contributed by atoms with E-state index in [2.05, 4.69) is 19.9 Å². The Morgan fingerprint density at radius 2 is 1.71 bits per heavy atom. The van der Waals surface area contributed by atoms with Crippen molar-refractivity contribution in [2.24, 2.45) is 0 Å². The number of ether oxygens (including phenoxy) is 5. The quantitative estimate of drug-likeness (QED) is 0.123. The number of nitrogens with one attached hydrogen (secondary N) is 1. The van der Waals surface area contributed by atoms with Crippen molar-refractivity contribution in [2.45, 2.75) is 55.5 Å². The molecular formula is C24H35N7O11. The predicted molar refractivity (Wildman–Crippen MR) is 142 cm³/mol. The Hall–Kier alpha value is -3.33. The van der Waals surface area contributed by atoms with Gasteiger partial charge in [-0.2, -0.15) is 0 Å². The number of aromatic amines is 1. The van der Waals surface area contributed by atoms with Gasteiger partial charge in [0.2, 0.25) is 0 Å². The minimum atomic E-state index is -1.01. The summed E-state index contributed by atoms with van der Waals surface area (Å²) in [4.78, 5) is 37.0. The molecule has 0 aliphatic carbocycles. The summed E-state index contributed by atoms with van der Waals surface area (Å²) in [6.45, 7) is 0.0134. The van der Waals surface area contributed by atoms with E-state index in [-0.39, 0.29) is 32.2 Å². The number of fused-ring (bicyclic) bond motifs is 1. The predicted octanol–water partition coefficient (Wildman–Crippen LogP) is -3.64. The van der Waals surface area contributed by atoms with Crippen molar-refractivity contribution in [1.82, 2.24) is 29.1 Å². The Kier molecular flexibility index (Phi) is 10.7. The van der Waals surface area contributed by atoms with Gasteiger partial charge in [-0.25, -0.2) is 19.7 Å². The van der Waals surface area contributed by atoms with Gasteiger partial charge in [-0.3, -0.25) is 18.9 Å². The third kappa shape index (κ3) is 6.66. The molecule has 3 aromatic heterocycles. The molecule has 0 aromatic carbocycles. The zero-order valence-electron chi connectivity index (χ0n) is 22.9. The molecule has 0 spiro atoms. The smallest absolute Gasteiger partial charge is 0.328 e. The van der Waals surface area contributed by atoms with E-state index in [1.54, 1.807) is 4.57 Å². The van der Waals surface area contributed by atoms with E-state index in [1.165, 1.54) is 43.7 Å². The van der Waals surface area contributed by atoms with Gasteiger partial charge in [0.05, 0.1) is 39.3 Å². The second-order valence-corrected chi connectivity index (χ2v) is 9.50. The van der Waals surface area contributed by atoms with E-state index in [1.807, 2.05) is 0 Å². The number of nitrogens with two attached hydrogens (primary N) is 1. The summed E-state index contributed by atoms with van der Waals surface area (Å²) >= 11 is 0. The number of aliphatic hydroxyl groups is 4. The van der Waals surface area contributed by atoms with Crippen molar-refractivity contribution in [2.75, 3.05) is 46.4 Å². The first-order valence-electron chi connectivity index (χ1n) is 13.0. The Morgan fingerprint density at radius 1 is 1.00 bits per heavy atom. The molecule has 2 saturated heterocycles. The van der Waals surface area contributed by atoms with Gasteiger partial charge in [-0.05, 0) is 0 Å². The van der Waals surface area contributed by atoms with Crippen LogP contribution >= 0.6 is 0 Å². The van der Waals surface area contributed by atoms with Crippen LogP contribution in [0.3, 0.4) is 0 Å². The molecule has 42 heavy (non-hydrogen) atoms. The summed E-state index contributed by atoms with van der Waals surface area (Å²) in [6, 6.07) is 1.22. The van der Waals surface area contributed by atoms with E-state index in [9.17, 15) is 30.0 Å². The summed E-state index contributed by atoms with van der Waals surface area (Å²) in [5.74, 6) is 0.264. The number of rotatable bonds is 10. The summed E-state index contributed by atoms with van der Waals surface area (Å²) in [5.41, 5.74) is 5.60. The molecule has 0 amide bonds. The average molecular weight is 598 g/mol. The number of anilines is 1. The molecule has 5 heterocycles. The van der Waals surface area contributed by atoms with Crippen molar-refractivity contribution in [1.29, 1.82) is 0 Å². The second-order valence-electron chi connectivity index (χ2n) is 9.50. The van der Waals surface area contributed by atoms with Gasteiger partial charge in [0.1, 0.15) is 54.6 Å². The zero-order valence-corrected chi connectivity index (χ0v) is 22.9. The van der Waals surface area contributed by atoms with Gasteiger partial charge in [0.15, 0.2) is 17.7 Å². The fraction of sp³-hybridized carbons (Fsp3) is 0.625. The van der Waals surface area contributed by atoms with Crippen LogP contribution in [0.4, 0.5) is 5.82 Å². The first-order chi connectivity index (χ1) is 20.2. The zero-order chi connectivity index (χ0) is 30.4. The maximum absolute atomic E-state index is 11.7. The lowest BCUT2D eigenvalue weighted by atomic mass is 10.1. The monoisotopic (exact) mass is 597 g/mol. The molecule has 7 N–H and O–H groups in total. The molecule has 18 heteroatoms. The molecule has 8 atom stereocenters. The fourth-order valence-corrected chi connectivity index (χ4v) is 4.77. The summed E-state index contributed by atoms with van der Waals surface area (Å²) in [7, 11) is 2.99. The number of nitrogens with zero attached hydrogens (tertiary/aromatic N) is 5.